The van der Waals surface area contributed by atoms with Crippen molar-refractivity contribution >= 4 is 17.6 Å². The third kappa shape index (κ3) is 2.79. The lowest BCUT2D eigenvalue weighted by molar-refractivity contribution is 0.0697. The van der Waals surface area contributed by atoms with Crippen molar-refractivity contribution in [1.29, 1.82) is 0 Å². The molecule has 0 fully saturated rings. The molecule has 0 radical (unpaired) electrons. The number of phenols is 2. The van der Waals surface area contributed by atoms with Gasteiger partial charge in [0.15, 0.2) is 0 Å². The SMILES string of the molecule is Cc1cccc(NC(=O)c2c(O)cccc2O)c1C(=O)O. The second-order valence-electron chi connectivity index (χ2n) is 4.43. The van der Waals surface area contributed by atoms with E-state index in [0.29, 0.717) is 5.56 Å². The van der Waals surface area contributed by atoms with Gasteiger partial charge in [-0.3, -0.25) is 4.79 Å². The van der Waals surface area contributed by atoms with Crippen LogP contribution in [-0.4, -0.2) is 27.2 Å². The van der Waals surface area contributed by atoms with E-state index < -0.39 is 23.4 Å². The third-order valence-electron chi connectivity index (χ3n) is 2.98. The second kappa shape index (κ2) is 5.54. The van der Waals surface area contributed by atoms with Crippen molar-refractivity contribution in [2.75, 3.05) is 5.32 Å². The molecule has 0 atom stereocenters. The summed E-state index contributed by atoms with van der Waals surface area (Å²) in [5.41, 5.74) is 0.230. The first kappa shape index (κ1) is 14.4. The fraction of sp³-hybridized carbons (Fsp3) is 0.0667. The Balaban J connectivity index is 2.42. The average molecular weight is 287 g/mol. The largest absolute Gasteiger partial charge is 0.507 e. The number of aromatic carboxylic acids is 1. The molecular weight excluding hydrogens is 274 g/mol. The highest BCUT2D eigenvalue weighted by Gasteiger charge is 2.19. The van der Waals surface area contributed by atoms with Gasteiger partial charge in [-0.25, -0.2) is 4.79 Å². The summed E-state index contributed by atoms with van der Waals surface area (Å²) >= 11 is 0. The maximum atomic E-state index is 12.1. The molecule has 2 rings (SSSR count). The van der Waals surface area contributed by atoms with Crippen LogP contribution in [0.4, 0.5) is 5.69 Å². The molecule has 0 spiro atoms. The minimum absolute atomic E-state index is 0.0410. The predicted molar refractivity (Wildman–Crippen MR) is 75.9 cm³/mol. The number of carboxylic acids is 1. The van der Waals surface area contributed by atoms with E-state index in [-0.39, 0.29) is 16.8 Å². The summed E-state index contributed by atoms with van der Waals surface area (Å²) in [6.07, 6.45) is 0. The number of rotatable bonds is 3. The quantitative estimate of drug-likeness (QED) is 0.693. The van der Waals surface area contributed by atoms with Crippen molar-refractivity contribution in [2.24, 2.45) is 0 Å². The zero-order valence-electron chi connectivity index (χ0n) is 11.1. The van der Waals surface area contributed by atoms with Crippen LogP contribution in [0.5, 0.6) is 11.5 Å². The fourth-order valence-corrected chi connectivity index (χ4v) is 2.00. The van der Waals surface area contributed by atoms with Gasteiger partial charge in [-0.05, 0) is 30.7 Å². The highest BCUT2D eigenvalue weighted by molar-refractivity contribution is 6.10. The van der Waals surface area contributed by atoms with E-state index in [2.05, 4.69) is 5.32 Å². The molecular formula is C15H13NO5. The predicted octanol–water partition coefficient (Wildman–Crippen LogP) is 2.36. The lowest BCUT2D eigenvalue weighted by Crippen LogP contribution is -2.16. The number of carboxylic acid groups (broad SMARTS) is 1. The second-order valence-corrected chi connectivity index (χ2v) is 4.43. The summed E-state index contributed by atoms with van der Waals surface area (Å²) in [5, 5.41) is 30.9. The molecule has 2 aromatic rings. The lowest BCUT2D eigenvalue weighted by atomic mass is 10.1. The topological polar surface area (TPSA) is 107 Å². The summed E-state index contributed by atoms with van der Waals surface area (Å²) in [6, 6.07) is 8.53. The van der Waals surface area contributed by atoms with Crippen molar-refractivity contribution in [3.8, 4) is 11.5 Å². The molecule has 0 aliphatic rings. The molecule has 0 aliphatic heterocycles. The maximum Gasteiger partial charge on any atom is 0.338 e. The first-order chi connectivity index (χ1) is 9.91. The van der Waals surface area contributed by atoms with Crippen molar-refractivity contribution in [1.82, 2.24) is 0 Å². The molecule has 0 unspecified atom stereocenters. The van der Waals surface area contributed by atoms with Gasteiger partial charge >= 0.3 is 5.97 Å². The first-order valence-electron chi connectivity index (χ1n) is 6.07. The highest BCUT2D eigenvalue weighted by atomic mass is 16.4. The Labute approximate surface area is 120 Å². The number of anilines is 1. The molecule has 6 heteroatoms. The fourth-order valence-electron chi connectivity index (χ4n) is 2.00. The Bertz CT molecular complexity index is 704. The van der Waals surface area contributed by atoms with Crippen LogP contribution in [0.2, 0.25) is 0 Å². The van der Waals surface area contributed by atoms with Crippen LogP contribution in [0, 0.1) is 6.92 Å². The monoisotopic (exact) mass is 287 g/mol. The van der Waals surface area contributed by atoms with Gasteiger partial charge in [0.1, 0.15) is 17.1 Å². The number of benzene rings is 2. The van der Waals surface area contributed by atoms with Gasteiger partial charge in [-0.15, -0.1) is 0 Å². The van der Waals surface area contributed by atoms with Gasteiger partial charge in [0.05, 0.1) is 11.3 Å². The molecule has 0 aliphatic carbocycles. The van der Waals surface area contributed by atoms with Crippen LogP contribution in [-0.2, 0) is 0 Å². The molecule has 4 N–H and O–H groups in total. The maximum absolute atomic E-state index is 12.1. The molecule has 0 heterocycles. The molecule has 0 bridgehead atoms. The molecule has 1 amide bonds. The van der Waals surface area contributed by atoms with E-state index in [1.54, 1.807) is 19.1 Å². The number of carbonyl (C=O) groups is 2. The molecule has 0 aromatic heterocycles. The van der Waals surface area contributed by atoms with E-state index in [1.165, 1.54) is 24.3 Å². The Hall–Kier alpha value is -3.02. The van der Waals surface area contributed by atoms with Crippen LogP contribution in [0.15, 0.2) is 36.4 Å². The summed E-state index contributed by atoms with van der Waals surface area (Å²) < 4.78 is 0. The molecule has 2 aromatic carbocycles. The standard InChI is InChI=1S/C15H13NO5/c1-8-4-2-5-9(12(8)15(20)21)16-14(19)13-10(17)6-3-7-11(13)18/h2-7,17-18H,1H3,(H,16,19)(H,20,21). The zero-order valence-corrected chi connectivity index (χ0v) is 11.1. The van der Waals surface area contributed by atoms with E-state index in [4.69, 9.17) is 0 Å². The minimum atomic E-state index is -1.18. The first-order valence-corrected chi connectivity index (χ1v) is 6.07. The van der Waals surface area contributed by atoms with Crippen LogP contribution in [0.25, 0.3) is 0 Å². The number of carbonyl (C=O) groups excluding carboxylic acids is 1. The van der Waals surface area contributed by atoms with Gasteiger partial charge < -0.3 is 20.6 Å². The lowest BCUT2D eigenvalue weighted by Gasteiger charge is -2.12. The summed E-state index contributed by atoms with van der Waals surface area (Å²) in [6.45, 7) is 1.61. The summed E-state index contributed by atoms with van der Waals surface area (Å²) in [5.74, 6) is -2.75. The Morgan fingerprint density at radius 3 is 2.10 bits per heavy atom. The molecule has 21 heavy (non-hydrogen) atoms. The van der Waals surface area contributed by atoms with E-state index in [0.717, 1.165) is 0 Å². The number of aryl methyl sites for hydroxylation is 1. The van der Waals surface area contributed by atoms with Gasteiger partial charge in [0.25, 0.3) is 5.91 Å². The number of hydrogen-bond acceptors (Lipinski definition) is 4. The molecule has 6 nitrogen and oxygen atoms in total. The smallest absolute Gasteiger partial charge is 0.338 e. The number of nitrogens with one attached hydrogen (secondary N) is 1. The summed E-state index contributed by atoms with van der Waals surface area (Å²) in [4.78, 5) is 23.4. The van der Waals surface area contributed by atoms with Crippen molar-refractivity contribution < 1.29 is 24.9 Å². The van der Waals surface area contributed by atoms with E-state index in [9.17, 15) is 24.9 Å². The molecule has 0 saturated heterocycles. The zero-order chi connectivity index (χ0) is 15.6. The van der Waals surface area contributed by atoms with Crippen LogP contribution in [0.1, 0.15) is 26.3 Å². The Morgan fingerprint density at radius 2 is 1.52 bits per heavy atom. The van der Waals surface area contributed by atoms with Gasteiger partial charge in [0, 0.05) is 0 Å². The molecule has 0 saturated carbocycles. The number of amides is 1. The van der Waals surface area contributed by atoms with Crippen molar-refractivity contribution in [3.05, 3.63) is 53.1 Å². The van der Waals surface area contributed by atoms with Crippen LogP contribution < -0.4 is 5.32 Å². The molecule has 108 valence electrons. The van der Waals surface area contributed by atoms with Gasteiger partial charge in [-0.1, -0.05) is 18.2 Å². The van der Waals surface area contributed by atoms with Crippen molar-refractivity contribution in [3.63, 3.8) is 0 Å². The normalized spacial score (nSPS) is 10.1. The third-order valence-corrected chi connectivity index (χ3v) is 2.98. The van der Waals surface area contributed by atoms with Gasteiger partial charge in [0.2, 0.25) is 0 Å². The number of hydrogen-bond donors (Lipinski definition) is 4. The summed E-state index contributed by atoms with van der Waals surface area (Å²) in [7, 11) is 0. The van der Waals surface area contributed by atoms with E-state index in [1.807, 2.05) is 0 Å². The van der Waals surface area contributed by atoms with Gasteiger partial charge in [-0.2, -0.15) is 0 Å². The number of phenolic OH excluding ortho intramolecular Hbond substituents is 2. The van der Waals surface area contributed by atoms with Crippen LogP contribution in [0.3, 0.4) is 0 Å². The minimum Gasteiger partial charge on any atom is -0.507 e. The average Bonchev–Trinajstić information content (AvgIpc) is 2.37. The number of aromatic hydroxyl groups is 2. The highest BCUT2D eigenvalue weighted by Crippen LogP contribution is 2.28. The Kier molecular flexibility index (Phi) is 3.80. The van der Waals surface area contributed by atoms with Crippen LogP contribution >= 0.6 is 0 Å². The Morgan fingerprint density at radius 1 is 0.952 bits per heavy atom. The van der Waals surface area contributed by atoms with E-state index >= 15 is 0 Å². The van der Waals surface area contributed by atoms with Crippen molar-refractivity contribution in [2.45, 2.75) is 6.92 Å².